The number of rotatable bonds is 10. The second-order valence-corrected chi connectivity index (χ2v) is 5.17. The second kappa shape index (κ2) is 9.71. The Hall–Kier alpha value is -2.24. The van der Waals surface area contributed by atoms with Crippen molar-refractivity contribution in [2.75, 3.05) is 20.3 Å². The molecule has 1 unspecified atom stereocenters. The van der Waals surface area contributed by atoms with Crippen LogP contribution in [0.1, 0.15) is 32.3 Å². The maximum Gasteiger partial charge on any atom is 0.316 e. The number of carbonyl (C=O) groups excluding carboxylic acids is 1. The third-order valence-electron chi connectivity index (χ3n) is 3.43. The van der Waals surface area contributed by atoms with Crippen LogP contribution in [0.15, 0.2) is 18.2 Å². The minimum Gasteiger partial charge on any atom is -0.493 e. The molecule has 0 bridgehead atoms. The molecule has 1 amide bonds. The molecule has 0 aliphatic heterocycles. The standard InChI is InChI=1S/C17H25NO5/c1-4-10-23-14-7-6-12(11-15(14)22-3)8-9-18-16(19)13(5-2)17(20)21/h6-7,11,13H,4-5,8-10H2,1-3H3,(H,18,19)(H,20,21). The van der Waals surface area contributed by atoms with E-state index in [-0.39, 0.29) is 6.42 Å². The maximum absolute atomic E-state index is 11.8. The Labute approximate surface area is 136 Å². The van der Waals surface area contributed by atoms with Gasteiger partial charge in [0.1, 0.15) is 5.92 Å². The van der Waals surface area contributed by atoms with Gasteiger partial charge in [0.25, 0.3) is 0 Å². The monoisotopic (exact) mass is 323 g/mol. The van der Waals surface area contributed by atoms with Gasteiger partial charge in [-0.2, -0.15) is 0 Å². The lowest BCUT2D eigenvalue weighted by atomic mass is 10.1. The number of hydrogen-bond acceptors (Lipinski definition) is 4. The number of carbonyl (C=O) groups is 2. The average molecular weight is 323 g/mol. The van der Waals surface area contributed by atoms with Gasteiger partial charge >= 0.3 is 5.97 Å². The van der Waals surface area contributed by atoms with Crippen LogP contribution in [0.25, 0.3) is 0 Å². The zero-order chi connectivity index (χ0) is 17.2. The average Bonchev–Trinajstić information content (AvgIpc) is 2.53. The number of carboxylic acid groups (broad SMARTS) is 1. The molecule has 1 rings (SSSR count). The number of amides is 1. The first-order valence-corrected chi connectivity index (χ1v) is 7.83. The van der Waals surface area contributed by atoms with Gasteiger partial charge in [0.05, 0.1) is 13.7 Å². The van der Waals surface area contributed by atoms with Crippen LogP contribution in [0, 0.1) is 5.92 Å². The second-order valence-electron chi connectivity index (χ2n) is 5.17. The summed E-state index contributed by atoms with van der Waals surface area (Å²) >= 11 is 0. The van der Waals surface area contributed by atoms with Crippen LogP contribution in [0.3, 0.4) is 0 Å². The van der Waals surface area contributed by atoms with Crippen molar-refractivity contribution in [3.63, 3.8) is 0 Å². The van der Waals surface area contributed by atoms with E-state index in [9.17, 15) is 9.59 Å². The summed E-state index contributed by atoms with van der Waals surface area (Å²) in [6.07, 6.45) is 1.78. The molecule has 1 aromatic rings. The fraction of sp³-hybridized carbons (Fsp3) is 0.529. The number of carboxylic acids is 1. The van der Waals surface area contributed by atoms with Crippen LogP contribution < -0.4 is 14.8 Å². The number of aliphatic carboxylic acids is 1. The lowest BCUT2D eigenvalue weighted by molar-refractivity contribution is -0.147. The first kappa shape index (κ1) is 18.8. The lowest BCUT2D eigenvalue weighted by Crippen LogP contribution is -2.36. The molecule has 0 spiro atoms. The van der Waals surface area contributed by atoms with Gasteiger partial charge in [-0.1, -0.05) is 19.9 Å². The Kier molecular flexibility index (Phi) is 7.94. The molecule has 6 nitrogen and oxygen atoms in total. The van der Waals surface area contributed by atoms with E-state index in [4.69, 9.17) is 14.6 Å². The molecule has 1 aromatic carbocycles. The van der Waals surface area contributed by atoms with Crippen LogP contribution in [0.2, 0.25) is 0 Å². The molecule has 0 aromatic heterocycles. The van der Waals surface area contributed by atoms with Crippen molar-refractivity contribution >= 4 is 11.9 Å². The van der Waals surface area contributed by atoms with E-state index < -0.39 is 17.8 Å². The highest BCUT2D eigenvalue weighted by Crippen LogP contribution is 2.28. The fourth-order valence-corrected chi connectivity index (χ4v) is 2.12. The molecule has 0 saturated carbocycles. The third kappa shape index (κ3) is 5.81. The van der Waals surface area contributed by atoms with Crippen LogP contribution in [-0.4, -0.2) is 37.2 Å². The van der Waals surface area contributed by atoms with E-state index in [0.29, 0.717) is 31.1 Å². The molecule has 23 heavy (non-hydrogen) atoms. The van der Waals surface area contributed by atoms with Crippen molar-refractivity contribution in [1.29, 1.82) is 0 Å². The highest BCUT2D eigenvalue weighted by molar-refractivity contribution is 5.96. The van der Waals surface area contributed by atoms with Crippen molar-refractivity contribution in [2.45, 2.75) is 33.1 Å². The molecule has 0 saturated heterocycles. The molecular formula is C17H25NO5. The van der Waals surface area contributed by atoms with Crippen molar-refractivity contribution < 1.29 is 24.2 Å². The van der Waals surface area contributed by atoms with Gasteiger partial charge in [0, 0.05) is 6.54 Å². The smallest absolute Gasteiger partial charge is 0.316 e. The summed E-state index contributed by atoms with van der Waals surface area (Å²) in [4.78, 5) is 22.7. The molecule has 1 atom stereocenters. The Morgan fingerprint density at radius 2 is 2.00 bits per heavy atom. The first-order chi connectivity index (χ1) is 11.0. The highest BCUT2D eigenvalue weighted by atomic mass is 16.5. The van der Waals surface area contributed by atoms with Gasteiger partial charge in [-0.25, -0.2) is 0 Å². The third-order valence-corrected chi connectivity index (χ3v) is 3.43. The van der Waals surface area contributed by atoms with Crippen LogP contribution in [0.4, 0.5) is 0 Å². The lowest BCUT2D eigenvalue weighted by Gasteiger charge is -2.13. The number of methoxy groups -OCH3 is 1. The molecule has 0 heterocycles. The molecule has 0 aliphatic carbocycles. The van der Waals surface area contributed by atoms with Gasteiger partial charge in [-0.15, -0.1) is 0 Å². The molecule has 128 valence electrons. The predicted molar refractivity (Wildman–Crippen MR) is 86.9 cm³/mol. The maximum atomic E-state index is 11.8. The van der Waals surface area contributed by atoms with Gasteiger partial charge in [0.2, 0.25) is 5.91 Å². The van der Waals surface area contributed by atoms with E-state index in [1.807, 2.05) is 25.1 Å². The predicted octanol–water partition coefficient (Wildman–Crippen LogP) is 2.25. The first-order valence-electron chi connectivity index (χ1n) is 7.83. The molecule has 0 radical (unpaired) electrons. The number of nitrogens with one attached hydrogen (secondary N) is 1. The van der Waals surface area contributed by atoms with Crippen molar-refractivity contribution in [2.24, 2.45) is 5.92 Å². The van der Waals surface area contributed by atoms with E-state index in [0.717, 1.165) is 12.0 Å². The van der Waals surface area contributed by atoms with Crippen molar-refractivity contribution in [3.05, 3.63) is 23.8 Å². The Bertz CT molecular complexity index is 530. The van der Waals surface area contributed by atoms with Crippen molar-refractivity contribution in [1.82, 2.24) is 5.32 Å². The summed E-state index contributed by atoms with van der Waals surface area (Å²) in [5.41, 5.74) is 0.981. The SMILES string of the molecule is CCCOc1ccc(CCNC(=O)C(CC)C(=O)O)cc1OC. The summed E-state index contributed by atoms with van der Waals surface area (Å²) in [6.45, 7) is 4.71. The Balaban J connectivity index is 2.58. The van der Waals surface area contributed by atoms with Gasteiger partial charge < -0.3 is 19.9 Å². The van der Waals surface area contributed by atoms with E-state index in [1.165, 1.54) is 0 Å². The molecular weight excluding hydrogens is 298 g/mol. The van der Waals surface area contributed by atoms with Gasteiger partial charge in [-0.05, 0) is 37.0 Å². The van der Waals surface area contributed by atoms with Crippen molar-refractivity contribution in [3.8, 4) is 11.5 Å². The van der Waals surface area contributed by atoms with Gasteiger partial charge in [-0.3, -0.25) is 9.59 Å². The highest BCUT2D eigenvalue weighted by Gasteiger charge is 2.23. The minimum atomic E-state index is -1.09. The number of hydrogen-bond donors (Lipinski definition) is 2. The van der Waals surface area contributed by atoms with Crippen LogP contribution in [0.5, 0.6) is 11.5 Å². The molecule has 0 fully saturated rings. The minimum absolute atomic E-state index is 0.276. The topological polar surface area (TPSA) is 84.9 Å². The summed E-state index contributed by atoms with van der Waals surface area (Å²) in [5, 5.41) is 11.6. The summed E-state index contributed by atoms with van der Waals surface area (Å²) < 4.78 is 10.9. The Morgan fingerprint density at radius 1 is 1.26 bits per heavy atom. The fourth-order valence-electron chi connectivity index (χ4n) is 2.12. The summed E-state index contributed by atoms with van der Waals surface area (Å²) in [5.74, 6) is -1.19. The zero-order valence-electron chi connectivity index (χ0n) is 13.9. The van der Waals surface area contributed by atoms with Crippen LogP contribution in [-0.2, 0) is 16.0 Å². The summed E-state index contributed by atoms with van der Waals surface area (Å²) in [7, 11) is 1.58. The normalized spacial score (nSPS) is 11.6. The largest absolute Gasteiger partial charge is 0.493 e. The quantitative estimate of drug-likeness (QED) is 0.645. The van der Waals surface area contributed by atoms with E-state index in [2.05, 4.69) is 5.32 Å². The molecule has 0 aliphatic rings. The van der Waals surface area contributed by atoms with Crippen LogP contribution >= 0.6 is 0 Å². The number of benzene rings is 1. The van der Waals surface area contributed by atoms with Gasteiger partial charge in [0.15, 0.2) is 11.5 Å². The number of ether oxygens (including phenoxy) is 2. The Morgan fingerprint density at radius 3 is 2.57 bits per heavy atom. The van der Waals surface area contributed by atoms with E-state index in [1.54, 1.807) is 14.0 Å². The molecule has 6 heteroatoms. The molecule has 2 N–H and O–H groups in total. The van der Waals surface area contributed by atoms with E-state index >= 15 is 0 Å². The summed E-state index contributed by atoms with van der Waals surface area (Å²) in [6, 6.07) is 5.62. The zero-order valence-corrected chi connectivity index (χ0v) is 13.9.